The van der Waals surface area contributed by atoms with Gasteiger partial charge in [-0.15, -0.1) is 0 Å². The van der Waals surface area contributed by atoms with Crippen LogP contribution in [0.15, 0.2) is 0 Å². The Morgan fingerprint density at radius 1 is 0.706 bits per heavy atom. The summed E-state index contributed by atoms with van der Waals surface area (Å²) in [6, 6.07) is 0. The Labute approximate surface area is 107 Å². The lowest BCUT2D eigenvalue weighted by atomic mass is 9.69. The Kier molecular flexibility index (Phi) is 2.40. The molecule has 0 amide bonds. The second kappa shape index (κ2) is 3.75. The molecule has 0 radical (unpaired) electrons. The molecule has 0 nitrogen and oxygen atoms in total. The van der Waals surface area contributed by atoms with Gasteiger partial charge in [-0.3, -0.25) is 0 Å². The highest BCUT2D eigenvalue weighted by Crippen LogP contribution is 2.62. The van der Waals surface area contributed by atoms with E-state index >= 15 is 0 Å². The smallest absolute Gasteiger partial charge is 0.0326 e. The van der Waals surface area contributed by atoms with Gasteiger partial charge in [-0.25, -0.2) is 0 Å². The summed E-state index contributed by atoms with van der Waals surface area (Å²) in [6.07, 6.45) is 11.0. The van der Waals surface area contributed by atoms with Crippen LogP contribution in [-0.2, 0) is 0 Å². The maximum atomic E-state index is 2.60. The molecule has 0 saturated heterocycles. The molecule has 0 spiro atoms. The van der Waals surface area contributed by atoms with Crippen molar-refractivity contribution in [1.29, 1.82) is 0 Å². The Balaban J connectivity index is 1.59. The molecule has 8 atom stereocenters. The summed E-state index contributed by atoms with van der Waals surface area (Å²) in [7, 11) is 0. The van der Waals surface area contributed by atoms with Gasteiger partial charge in [0.2, 0.25) is 0 Å². The van der Waals surface area contributed by atoms with Gasteiger partial charge in [0.1, 0.15) is 0 Å². The zero-order valence-electron chi connectivity index (χ0n) is 11.6. The molecule has 96 valence electrons. The highest BCUT2D eigenvalue weighted by molar-refractivity contribution is 5.03. The molecule has 0 heteroatoms. The van der Waals surface area contributed by atoms with E-state index in [0.717, 1.165) is 47.3 Å². The normalized spacial score (nSPS) is 61.1. The van der Waals surface area contributed by atoms with Crippen molar-refractivity contribution in [2.75, 3.05) is 0 Å². The number of rotatable bonds is 1. The summed E-state index contributed by atoms with van der Waals surface area (Å²) in [6.45, 7) is 5.16. The first-order valence-corrected chi connectivity index (χ1v) is 8.25. The maximum absolute atomic E-state index is 2.60. The predicted molar refractivity (Wildman–Crippen MR) is 71.6 cm³/mol. The van der Waals surface area contributed by atoms with E-state index in [0.29, 0.717) is 0 Å². The van der Waals surface area contributed by atoms with Crippen LogP contribution in [0.25, 0.3) is 0 Å². The molecule has 4 aliphatic carbocycles. The zero-order valence-corrected chi connectivity index (χ0v) is 11.6. The van der Waals surface area contributed by atoms with Gasteiger partial charge < -0.3 is 0 Å². The third kappa shape index (κ3) is 1.42. The van der Waals surface area contributed by atoms with Crippen LogP contribution >= 0.6 is 0 Å². The zero-order chi connectivity index (χ0) is 11.6. The molecule has 4 fully saturated rings. The van der Waals surface area contributed by atoms with Crippen LogP contribution in [0.3, 0.4) is 0 Å². The molecule has 4 rings (SSSR count). The molecular formula is C17H28. The first-order chi connectivity index (χ1) is 8.25. The van der Waals surface area contributed by atoms with E-state index in [2.05, 4.69) is 13.8 Å². The molecule has 4 saturated carbocycles. The fraction of sp³-hybridized carbons (Fsp3) is 1.00. The Morgan fingerprint density at radius 3 is 2.24 bits per heavy atom. The Hall–Kier alpha value is 0. The maximum Gasteiger partial charge on any atom is -0.0326 e. The van der Waals surface area contributed by atoms with Gasteiger partial charge in [0.05, 0.1) is 0 Å². The van der Waals surface area contributed by atoms with Crippen molar-refractivity contribution in [3.63, 3.8) is 0 Å². The van der Waals surface area contributed by atoms with Gasteiger partial charge in [0, 0.05) is 0 Å². The van der Waals surface area contributed by atoms with Crippen molar-refractivity contribution in [3.8, 4) is 0 Å². The lowest BCUT2D eigenvalue weighted by Gasteiger charge is -2.36. The summed E-state index contributed by atoms with van der Waals surface area (Å²) in [5, 5.41) is 0. The van der Waals surface area contributed by atoms with Crippen molar-refractivity contribution < 1.29 is 0 Å². The van der Waals surface area contributed by atoms with Gasteiger partial charge in [0.15, 0.2) is 0 Å². The van der Waals surface area contributed by atoms with Crippen molar-refractivity contribution in [3.05, 3.63) is 0 Å². The minimum atomic E-state index is 1.05. The molecule has 0 aliphatic heterocycles. The van der Waals surface area contributed by atoms with Crippen LogP contribution in [0.5, 0.6) is 0 Å². The monoisotopic (exact) mass is 232 g/mol. The van der Waals surface area contributed by atoms with Crippen molar-refractivity contribution in [1.82, 2.24) is 0 Å². The SMILES string of the molecule is CC1CC(C2C3CCC(C3)C2C)C2CCCC12. The average molecular weight is 232 g/mol. The highest BCUT2D eigenvalue weighted by Gasteiger charge is 2.54. The van der Waals surface area contributed by atoms with Crippen LogP contribution in [-0.4, -0.2) is 0 Å². The second-order valence-corrected chi connectivity index (χ2v) is 7.91. The molecule has 0 heterocycles. The minimum Gasteiger partial charge on any atom is -0.0622 e. The quantitative estimate of drug-likeness (QED) is 0.612. The standard InChI is InChI=1S/C17H28/c1-10-8-16(15-5-3-4-14(10)15)17-11(2)12-6-7-13(17)9-12/h10-17H,3-9H2,1-2H3. The summed E-state index contributed by atoms with van der Waals surface area (Å²) < 4.78 is 0. The summed E-state index contributed by atoms with van der Waals surface area (Å²) in [5.74, 6) is 8.96. The molecule has 8 unspecified atom stereocenters. The Bertz CT molecular complexity index is 305. The molecular weight excluding hydrogens is 204 g/mol. The third-order valence-electron chi connectivity index (χ3n) is 7.45. The first-order valence-electron chi connectivity index (χ1n) is 8.25. The van der Waals surface area contributed by atoms with E-state index in [-0.39, 0.29) is 0 Å². The fourth-order valence-electron chi connectivity index (χ4n) is 6.84. The van der Waals surface area contributed by atoms with E-state index in [1.54, 1.807) is 44.9 Å². The average Bonchev–Trinajstić information content (AvgIpc) is 3.02. The second-order valence-electron chi connectivity index (χ2n) is 7.91. The summed E-state index contributed by atoms with van der Waals surface area (Å²) in [4.78, 5) is 0. The van der Waals surface area contributed by atoms with Crippen molar-refractivity contribution in [2.24, 2.45) is 47.3 Å². The van der Waals surface area contributed by atoms with E-state index < -0.39 is 0 Å². The van der Waals surface area contributed by atoms with Gasteiger partial charge in [-0.05, 0) is 85.9 Å². The largest absolute Gasteiger partial charge is 0.0622 e. The number of hydrogen-bond donors (Lipinski definition) is 0. The lowest BCUT2D eigenvalue weighted by molar-refractivity contribution is 0.124. The molecule has 0 aromatic heterocycles. The van der Waals surface area contributed by atoms with Crippen LogP contribution in [0.2, 0.25) is 0 Å². The summed E-state index contributed by atoms with van der Waals surface area (Å²) >= 11 is 0. The van der Waals surface area contributed by atoms with Crippen molar-refractivity contribution in [2.45, 2.75) is 58.8 Å². The van der Waals surface area contributed by atoms with Crippen LogP contribution in [0, 0.1) is 47.3 Å². The van der Waals surface area contributed by atoms with Gasteiger partial charge in [0.25, 0.3) is 0 Å². The number of fused-ring (bicyclic) bond motifs is 3. The molecule has 4 aliphatic rings. The fourth-order valence-corrected chi connectivity index (χ4v) is 6.84. The third-order valence-corrected chi connectivity index (χ3v) is 7.45. The molecule has 17 heavy (non-hydrogen) atoms. The minimum absolute atomic E-state index is 1.05. The number of hydrogen-bond acceptors (Lipinski definition) is 0. The molecule has 0 N–H and O–H groups in total. The first kappa shape index (κ1) is 10.9. The van der Waals surface area contributed by atoms with Crippen molar-refractivity contribution >= 4 is 0 Å². The highest BCUT2D eigenvalue weighted by atomic mass is 14.6. The van der Waals surface area contributed by atoms with E-state index in [1.165, 1.54) is 0 Å². The molecule has 0 aromatic rings. The summed E-state index contributed by atoms with van der Waals surface area (Å²) in [5.41, 5.74) is 0. The van der Waals surface area contributed by atoms with Crippen LogP contribution < -0.4 is 0 Å². The van der Waals surface area contributed by atoms with Gasteiger partial charge >= 0.3 is 0 Å². The van der Waals surface area contributed by atoms with Gasteiger partial charge in [-0.1, -0.05) is 20.3 Å². The van der Waals surface area contributed by atoms with Crippen LogP contribution in [0.4, 0.5) is 0 Å². The molecule has 0 aromatic carbocycles. The molecule has 2 bridgehead atoms. The van der Waals surface area contributed by atoms with Crippen LogP contribution in [0.1, 0.15) is 58.8 Å². The van der Waals surface area contributed by atoms with E-state index in [4.69, 9.17) is 0 Å². The van der Waals surface area contributed by atoms with Gasteiger partial charge in [-0.2, -0.15) is 0 Å². The predicted octanol–water partition coefficient (Wildman–Crippen LogP) is 4.74. The van der Waals surface area contributed by atoms with E-state index in [1.807, 2.05) is 0 Å². The van der Waals surface area contributed by atoms with E-state index in [9.17, 15) is 0 Å². The Morgan fingerprint density at radius 2 is 1.47 bits per heavy atom. The topological polar surface area (TPSA) is 0 Å². The lowest BCUT2D eigenvalue weighted by Crippen LogP contribution is -2.30.